The second-order valence-electron chi connectivity index (χ2n) is 9.21. The van der Waals surface area contributed by atoms with Crippen LogP contribution in [0.25, 0.3) is 16.9 Å². The first-order valence-electron chi connectivity index (χ1n) is 11.4. The first kappa shape index (κ1) is 25.3. The minimum atomic E-state index is -0.625. The van der Waals surface area contributed by atoms with Crippen LogP contribution in [0, 0.1) is 0 Å². The minimum Gasteiger partial charge on any atom is -0.481 e. The van der Waals surface area contributed by atoms with Crippen molar-refractivity contribution in [1.82, 2.24) is 15.0 Å². The van der Waals surface area contributed by atoms with Gasteiger partial charge >= 0.3 is 5.97 Å². The Morgan fingerprint density at radius 2 is 1.61 bits per heavy atom. The number of Topliss-reactive ketones (excluding diaryl/α,β-unsaturated/α-hetero) is 1. The summed E-state index contributed by atoms with van der Waals surface area (Å²) in [7, 11) is 0. The smallest absolute Gasteiger partial charge is 0.344 e. The Balaban J connectivity index is 1.37. The van der Waals surface area contributed by atoms with Crippen molar-refractivity contribution in [2.75, 3.05) is 13.2 Å². The molecule has 4 rings (SSSR count). The van der Waals surface area contributed by atoms with Crippen molar-refractivity contribution >= 4 is 27.7 Å². The Hall–Kier alpha value is -3.78. The molecule has 0 aliphatic heterocycles. The number of halogens is 1. The summed E-state index contributed by atoms with van der Waals surface area (Å²) in [4.78, 5) is 24.5. The van der Waals surface area contributed by atoms with E-state index in [0.717, 1.165) is 21.4 Å². The van der Waals surface area contributed by atoms with Crippen LogP contribution in [0.2, 0.25) is 0 Å². The molecule has 0 fully saturated rings. The first-order chi connectivity index (χ1) is 17.2. The molecule has 0 saturated heterocycles. The Labute approximate surface area is 218 Å². The monoisotopic (exact) mass is 547 g/mol. The van der Waals surface area contributed by atoms with Crippen molar-refractivity contribution in [3.05, 3.63) is 94.6 Å². The van der Waals surface area contributed by atoms with Gasteiger partial charge in [-0.3, -0.25) is 4.79 Å². The van der Waals surface area contributed by atoms with Crippen molar-refractivity contribution in [1.29, 1.82) is 0 Å². The molecule has 0 aliphatic carbocycles. The number of esters is 1. The van der Waals surface area contributed by atoms with E-state index in [1.165, 1.54) is 5.56 Å². The maximum absolute atomic E-state index is 12.5. The molecule has 0 aliphatic rings. The number of ether oxygens (including phenoxy) is 2. The van der Waals surface area contributed by atoms with E-state index in [2.05, 4.69) is 71.3 Å². The van der Waals surface area contributed by atoms with Crippen LogP contribution in [-0.2, 0) is 14.9 Å². The largest absolute Gasteiger partial charge is 0.481 e. The Bertz CT molecular complexity index is 1360. The molecule has 8 heteroatoms. The van der Waals surface area contributed by atoms with Crippen molar-refractivity contribution in [3.8, 4) is 22.7 Å². The van der Waals surface area contributed by atoms with Crippen LogP contribution in [0.4, 0.5) is 0 Å². The average Bonchev–Trinajstić information content (AvgIpc) is 3.36. The lowest BCUT2D eigenvalue weighted by molar-refractivity contribution is -0.144. The summed E-state index contributed by atoms with van der Waals surface area (Å²) in [6.45, 7) is 5.87. The summed E-state index contributed by atoms with van der Waals surface area (Å²) in [6, 6.07) is 22.4. The molecular weight excluding hydrogens is 522 g/mol. The normalized spacial score (nSPS) is 11.2. The number of benzene rings is 3. The summed E-state index contributed by atoms with van der Waals surface area (Å²) < 4.78 is 12.9. The van der Waals surface area contributed by atoms with Gasteiger partial charge in [0.1, 0.15) is 5.75 Å². The van der Waals surface area contributed by atoms with Gasteiger partial charge in [-0.15, -0.1) is 5.10 Å². The molecule has 0 bridgehead atoms. The third-order valence-corrected chi connectivity index (χ3v) is 6.23. The van der Waals surface area contributed by atoms with Gasteiger partial charge in [-0.2, -0.15) is 0 Å². The van der Waals surface area contributed by atoms with Crippen molar-refractivity contribution < 1.29 is 19.1 Å². The van der Waals surface area contributed by atoms with Crippen LogP contribution in [0.15, 0.2) is 83.5 Å². The maximum atomic E-state index is 12.5. The van der Waals surface area contributed by atoms with Crippen LogP contribution in [0.5, 0.6) is 5.75 Å². The van der Waals surface area contributed by atoms with E-state index in [1.807, 2.05) is 6.07 Å². The molecule has 0 amide bonds. The van der Waals surface area contributed by atoms with Crippen LogP contribution in [0.3, 0.4) is 0 Å². The highest BCUT2D eigenvalue weighted by Crippen LogP contribution is 2.27. The Morgan fingerprint density at radius 3 is 2.28 bits per heavy atom. The predicted molar refractivity (Wildman–Crippen MR) is 140 cm³/mol. The number of aromatic nitrogens is 3. The van der Waals surface area contributed by atoms with Gasteiger partial charge in [0.15, 0.2) is 19.0 Å². The fraction of sp³-hybridized carbons (Fsp3) is 0.214. The first-order valence-corrected chi connectivity index (χ1v) is 12.2. The van der Waals surface area contributed by atoms with Gasteiger partial charge in [0.05, 0.1) is 22.1 Å². The summed E-state index contributed by atoms with van der Waals surface area (Å²) in [5, 5.41) is 8.29. The number of hydrogen-bond donors (Lipinski definition) is 0. The third-order valence-electron chi connectivity index (χ3n) is 5.58. The zero-order chi connectivity index (χ0) is 25.7. The maximum Gasteiger partial charge on any atom is 0.344 e. The quantitative estimate of drug-likeness (QED) is 0.205. The van der Waals surface area contributed by atoms with Crippen molar-refractivity contribution in [3.63, 3.8) is 0 Å². The lowest BCUT2D eigenvalue weighted by atomic mass is 9.86. The number of carbonyl (C=O) groups excluding carboxylic acids is 2. The average molecular weight is 548 g/mol. The molecule has 0 atom stereocenters. The standard InChI is InChI=1S/C28H26BrN3O4/c1-28(2,3)21-12-8-19(9-13-21)24-16-30-31-32(24)22-14-10-20(11-15-22)25(33)17-36-27(34)18-35-26-7-5-4-6-23(26)29/h4-16H,17-18H2,1-3H3. The lowest BCUT2D eigenvalue weighted by Crippen LogP contribution is -2.19. The van der Waals surface area contributed by atoms with Crippen molar-refractivity contribution in [2.24, 2.45) is 0 Å². The van der Waals surface area contributed by atoms with Gasteiger partial charge < -0.3 is 9.47 Å². The summed E-state index contributed by atoms with van der Waals surface area (Å²) in [5.74, 6) is -0.415. The molecule has 0 radical (unpaired) electrons. The number of ketones is 1. The molecule has 1 heterocycles. The molecule has 0 spiro atoms. The topological polar surface area (TPSA) is 83.3 Å². The lowest BCUT2D eigenvalue weighted by Gasteiger charge is -2.19. The number of carbonyl (C=O) groups is 2. The summed E-state index contributed by atoms with van der Waals surface area (Å²) in [5.41, 5.74) is 4.33. The van der Waals surface area contributed by atoms with E-state index in [-0.39, 0.29) is 24.4 Å². The molecular formula is C28H26BrN3O4. The van der Waals surface area contributed by atoms with Crippen LogP contribution in [0.1, 0.15) is 36.7 Å². The van der Waals surface area contributed by atoms with E-state index >= 15 is 0 Å². The van der Waals surface area contributed by atoms with Gasteiger partial charge in [-0.05, 0) is 63.3 Å². The van der Waals surface area contributed by atoms with E-state index in [1.54, 1.807) is 53.3 Å². The number of nitrogens with zero attached hydrogens (tertiary/aromatic N) is 3. The van der Waals surface area contributed by atoms with E-state index < -0.39 is 5.97 Å². The number of rotatable bonds is 8. The molecule has 0 saturated carbocycles. The van der Waals surface area contributed by atoms with Gasteiger partial charge in [-0.1, -0.05) is 62.4 Å². The second kappa shape index (κ2) is 10.9. The number of hydrogen-bond acceptors (Lipinski definition) is 6. The van der Waals surface area contributed by atoms with E-state index in [4.69, 9.17) is 9.47 Å². The van der Waals surface area contributed by atoms with Crippen molar-refractivity contribution in [2.45, 2.75) is 26.2 Å². The van der Waals surface area contributed by atoms with Gasteiger partial charge in [0.25, 0.3) is 0 Å². The number of para-hydroxylation sites is 1. The van der Waals surface area contributed by atoms with Crippen LogP contribution >= 0.6 is 15.9 Å². The minimum absolute atomic E-state index is 0.0692. The predicted octanol–water partition coefficient (Wildman–Crippen LogP) is 5.80. The molecule has 4 aromatic rings. The SMILES string of the molecule is CC(C)(C)c1ccc(-c2cnnn2-c2ccc(C(=O)COC(=O)COc3ccccc3Br)cc2)cc1. The second-order valence-corrected chi connectivity index (χ2v) is 10.1. The van der Waals surface area contributed by atoms with Crippen LogP contribution in [-0.4, -0.2) is 40.0 Å². The molecule has 0 unspecified atom stereocenters. The zero-order valence-electron chi connectivity index (χ0n) is 20.3. The molecule has 7 nitrogen and oxygen atoms in total. The zero-order valence-corrected chi connectivity index (χ0v) is 21.9. The summed E-state index contributed by atoms with van der Waals surface area (Å²) in [6.07, 6.45) is 1.71. The molecule has 3 aromatic carbocycles. The Kier molecular flexibility index (Phi) is 7.64. The fourth-order valence-electron chi connectivity index (χ4n) is 3.52. The van der Waals surface area contributed by atoms with Gasteiger partial charge in [0.2, 0.25) is 0 Å². The third kappa shape index (κ3) is 6.07. The molecule has 36 heavy (non-hydrogen) atoms. The molecule has 184 valence electrons. The molecule has 0 N–H and O–H groups in total. The molecule has 1 aromatic heterocycles. The summed E-state index contributed by atoms with van der Waals surface area (Å²) >= 11 is 3.35. The highest BCUT2D eigenvalue weighted by atomic mass is 79.9. The van der Waals surface area contributed by atoms with Crippen LogP contribution < -0.4 is 4.74 Å². The van der Waals surface area contributed by atoms with E-state index in [9.17, 15) is 9.59 Å². The van der Waals surface area contributed by atoms with Gasteiger partial charge in [0, 0.05) is 11.1 Å². The fourth-order valence-corrected chi connectivity index (χ4v) is 3.92. The van der Waals surface area contributed by atoms with Gasteiger partial charge in [-0.25, -0.2) is 9.48 Å². The van der Waals surface area contributed by atoms with E-state index in [0.29, 0.717) is 11.3 Å². The Morgan fingerprint density at radius 1 is 0.917 bits per heavy atom. The highest BCUT2D eigenvalue weighted by Gasteiger charge is 2.16. The highest BCUT2D eigenvalue weighted by molar-refractivity contribution is 9.10.